The predicted octanol–water partition coefficient (Wildman–Crippen LogP) is -5.40. The van der Waals surface area contributed by atoms with Crippen LogP contribution in [0.2, 0.25) is 0 Å². The molecule has 2 saturated heterocycles. The Bertz CT molecular complexity index is 344. The van der Waals surface area contributed by atoms with Crippen molar-refractivity contribution in [2.24, 2.45) is 0 Å². The van der Waals surface area contributed by atoms with Crippen LogP contribution in [0.25, 0.3) is 0 Å². The Morgan fingerprint density at radius 1 is 0.565 bits per heavy atom. The molecule has 0 aliphatic carbocycles. The summed E-state index contributed by atoms with van der Waals surface area (Å²) in [6.45, 7) is -1.33. The zero-order valence-corrected chi connectivity index (χ0v) is 12.0. The molecule has 0 aromatic rings. The molecule has 0 spiro atoms. The van der Waals surface area contributed by atoms with E-state index in [0.717, 1.165) is 0 Å². The maximum absolute atomic E-state index is 9.84. The minimum atomic E-state index is -1.72. The highest BCUT2D eigenvalue weighted by Gasteiger charge is 2.49. The van der Waals surface area contributed by atoms with E-state index < -0.39 is 74.6 Å². The van der Waals surface area contributed by atoms with Crippen LogP contribution in [-0.4, -0.2) is 115 Å². The Balaban J connectivity index is 2.07. The number of aliphatic hydroxyl groups excluding tert-OH is 8. The van der Waals surface area contributed by atoms with E-state index in [4.69, 9.17) is 24.4 Å². The quantitative estimate of drug-likeness (QED) is 0.227. The molecule has 0 bridgehead atoms. The molecule has 11 nitrogen and oxygen atoms in total. The molecule has 2 heterocycles. The lowest BCUT2D eigenvalue weighted by atomic mass is 10.0. The van der Waals surface area contributed by atoms with Crippen LogP contribution < -0.4 is 0 Å². The van der Waals surface area contributed by atoms with Gasteiger partial charge in [0.15, 0.2) is 12.6 Å². The van der Waals surface area contributed by atoms with Gasteiger partial charge in [0.1, 0.15) is 48.8 Å². The monoisotopic (exact) mass is 344 g/mol. The molecular weight excluding hydrogens is 322 g/mol. The van der Waals surface area contributed by atoms with Crippen molar-refractivity contribution >= 4 is 0 Å². The van der Waals surface area contributed by atoms with E-state index in [1.54, 1.807) is 0 Å². The van der Waals surface area contributed by atoms with Gasteiger partial charge in [-0.2, -0.15) is 0 Å². The third-order valence-corrected chi connectivity index (χ3v) is 3.97. The third kappa shape index (κ3) is 3.65. The number of rotatable bonds is 4. The summed E-state index contributed by atoms with van der Waals surface area (Å²) < 4.78 is 15.3. The van der Waals surface area contributed by atoms with Crippen LogP contribution in [0.4, 0.5) is 0 Å². The normalized spacial score (nSPS) is 51.7. The summed E-state index contributed by atoms with van der Waals surface area (Å²) in [6.07, 6.45) is -15.6. The Kier molecular flexibility index (Phi) is 6.27. The molecule has 2 fully saturated rings. The van der Waals surface area contributed by atoms with Crippen LogP contribution in [-0.2, 0) is 14.2 Å². The Morgan fingerprint density at radius 2 is 0.913 bits per heavy atom. The van der Waals surface area contributed by atoms with E-state index in [1.807, 2.05) is 0 Å². The number of hydrogen-bond donors (Lipinski definition) is 8. The average Bonchev–Trinajstić information content (AvgIpc) is 2.55. The maximum atomic E-state index is 9.84. The first-order valence-corrected chi connectivity index (χ1v) is 7.08. The van der Waals surface area contributed by atoms with Gasteiger partial charge in [0.2, 0.25) is 0 Å². The molecule has 2 aliphatic heterocycles. The van der Waals surface area contributed by atoms with Gasteiger partial charge >= 0.3 is 0 Å². The summed E-state index contributed by atoms with van der Waals surface area (Å²) in [5.74, 6) is 0. The van der Waals surface area contributed by atoms with Crippen LogP contribution in [0.5, 0.6) is 0 Å². The molecule has 0 amide bonds. The Morgan fingerprint density at radius 3 is 1.22 bits per heavy atom. The lowest BCUT2D eigenvalue weighted by Gasteiger charge is -2.44. The fourth-order valence-electron chi connectivity index (χ4n) is 2.49. The summed E-state index contributed by atoms with van der Waals surface area (Å²) >= 11 is 0. The highest BCUT2D eigenvalue weighted by molar-refractivity contribution is 4.92. The average molecular weight is 344 g/mol. The summed E-state index contributed by atoms with van der Waals surface area (Å²) in [5.41, 5.74) is 0. The second-order valence-electron chi connectivity index (χ2n) is 5.53. The summed E-state index contributed by atoms with van der Waals surface area (Å²) in [4.78, 5) is 0. The summed E-state index contributed by atoms with van der Waals surface area (Å²) in [5, 5.41) is 76.4. The van der Waals surface area contributed by atoms with Gasteiger partial charge in [0.25, 0.3) is 0 Å². The highest BCUT2D eigenvalue weighted by atomic mass is 16.9. The van der Waals surface area contributed by atoms with Crippen LogP contribution in [0.1, 0.15) is 0 Å². The fourth-order valence-corrected chi connectivity index (χ4v) is 2.49. The lowest BCUT2D eigenvalue weighted by Crippen LogP contribution is -2.63. The van der Waals surface area contributed by atoms with E-state index in [9.17, 15) is 30.6 Å². The van der Waals surface area contributed by atoms with Crippen LogP contribution in [0.3, 0.4) is 0 Å². The van der Waals surface area contributed by atoms with Gasteiger partial charge < -0.3 is 55.1 Å². The third-order valence-electron chi connectivity index (χ3n) is 3.97. The van der Waals surface area contributed by atoms with Crippen LogP contribution >= 0.6 is 0 Å². The molecule has 0 saturated carbocycles. The topological polar surface area (TPSA) is 190 Å². The molecule has 2 aliphatic rings. The van der Waals surface area contributed by atoms with Crippen molar-refractivity contribution in [1.29, 1.82) is 0 Å². The molecule has 10 atom stereocenters. The summed E-state index contributed by atoms with van der Waals surface area (Å²) in [6, 6.07) is 0. The molecular formula is C12H22O11. The Hall–Kier alpha value is -0.440. The van der Waals surface area contributed by atoms with E-state index in [-0.39, 0.29) is 0 Å². The maximum Gasteiger partial charge on any atom is 0.189 e. The van der Waals surface area contributed by atoms with E-state index in [1.165, 1.54) is 0 Å². The Labute approximate surface area is 130 Å². The highest BCUT2D eigenvalue weighted by Crippen LogP contribution is 2.27. The molecule has 11 heteroatoms. The first-order chi connectivity index (χ1) is 10.8. The molecule has 23 heavy (non-hydrogen) atoms. The van der Waals surface area contributed by atoms with E-state index >= 15 is 0 Å². The number of hydrogen-bond acceptors (Lipinski definition) is 11. The number of aliphatic hydroxyl groups is 8. The molecule has 0 unspecified atom stereocenters. The lowest BCUT2D eigenvalue weighted by molar-refractivity contribution is -0.376. The standard InChI is InChI=1S/C12H22O11/c13-1-3-5(15)7(17)9(19)11(21-3)23-12-10(20)8(18)6(16)4(2-14)22-12/h3-20H,1-2H2/t3-,4-,5-,6-,7+,8+,9-,10-,11-,12-/m1/s1/i11+1,12+1. The van der Waals surface area contributed by atoms with Gasteiger partial charge in [-0.3, -0.25) is 0 Å². The van der Waals surface area contributed by atoms with Crippen molar-refractivity contribution in [2.75, 3.05) is 13.2 Å². The van der Waals surface area contributed by atoms with Crippen molar-refractivity contribution < 1.29 is 55.1 Å². The molecule has 0 aromatic carbocycles. The van der Waals surface area contributed by atoms with Crippen molar-refractivity contribution in [3.63, 3.8) is 0 Å². The predicted molar refractivity (Wildman–Crippen MR) is 68.6 cm³/mol. The zero-order valence-electron chi connectivity index (χ0n) is 12.0. The molecule has 0 radical (unpaired) electrons. The number of ether oxygens (including phenoxy) is 3. The molecule has 136 valence electrons. The van der Waals surface area contributed by atoms with Crippen LogP contribution in [0, 0.1) is 0 Å². The largest absolute Gasteiger partial charge is 0.394 e. The first-order valence-electron chi connectivity index (χ1n) is 7.08. The van der Waals surface area contributed by atoms with Crippen molar-refractivity contribution in [3.05, 3.63) is 0 Å². The fraction of sp³-hybridized carbons (Fsp3) is 1.00. The van der Waals surface area contributed by atoms with Gasteiger partial charge in [-0.15, -0.1) is 0 Å². The first kappa shape index (κ1) is 18.9. The molecule has 2 rings (SSSR count). The second kappa shape index (κ2) is 7.63. The molecule has 8 N–H and O–H groups in total. The van der Waals surface area contributed by atoms with Gasteiger partial charge in [-0.05, 0) is 0 Å². The van der Waals surface area contributed by atoms with Crippen molar-refractivity contribution in [2.45, 2.75) is 61.4 Å². The van der Waals surface area contributed by atoms with Gasteiger partial charge in [-0.1, -0.05) is 0 Å². The molecule has 0 aromatic heterocycles. The van der Waals surface area contributed by atoms with Crippen LogP contribution in [0.15, 0.2) is 0 Å². The van der Waals surface area contributed by atoms with Gasteiger partial charge in [0.05, 0.1) is 13.2 Å². The zero-order chi connectivity index (χ0) is 17.3. The van der Waals surface area contributed by atoms with Gasteiger partial charge in [-0.25, -0.2) is 0 Å². The second-order valence-corrected chi connectivity index (χ2v) is 5.53. The van der Waals surface area contributed by atoms with E-state index in [2.05, 4.69) is 0 Å². The van der Waals surface area contributed by atoms with Gasteiger partial charge in [0, 0.05) is 0 Å². The summed E-state index contributed by atoms with van der Waals surface area (Å²) in [7, 11) is 0. The minimum absolute atomic E-state index is 0.667. The van der Waals surface area contributed by atoms with Crippen molar-refractivity contribution in [1.82, 2.24) is 0 Å². The van der Waals surface area contributed by atoms with E-state index in [0.29, 0.717) is 0 Å². The minimum Gasteiger partial charge on any atom is -0.394 e. The SMILES string of the molecule is OC[C@H]1O[13C@H](O[13C@H]2O[C@H](CO)[C@@H](O)[C@H](O)[C@H]2O)[C@H](O)[C@@H](O)[C@@H]1O. The van der Waals surface area contributed by atoms with Crippen molar-refractivity contribution in [3.8, 4) is 0 Å². The smallest absolute Gasteiger partial charge is 0.189 e.